The monoisotopic (exact) mass is 583 g/mol. The average molecular weight is 584 g/mol. The van der Waals surface area contributed by atoms with Crippen molar-refractivity contribution in [2.24, 2.45) is 0 Å². The van der Waals surface area contributed by atoms with Crippen LogP contribution in [-0.4, -0.2) is 39.5 Å². The lowest BCUT2D eigenvalue weighted by molar-refractivity contribution is -0.0550. The maximum atomic E-state index is 13.5. The van der Waals surface area contributed by atoms with E-state index in [-0.39, 0.29) is 29.9 Å². The predicted octanol–water partition coefficient (Wildman–Crippen LogP) is 4.84. The molecule has 0 saturated heterocycles. The van der Waals surface area contributed by atoms with Gasteiger partial charge >= 0.3 is 15.6 Å². The normalized spacial score (nSPS) is 17.4. The summed E-state index contributed by atoms with van der Waals surface area (Å²) < 4.78 is 102. The van der Waals surface area contributed by atoms with Crippen LogP contribution in [0.15, 0.2) is 69.4 Å². The van der Waals surface area contributed by atoms with Gasteiger partial charge in [-0.3, -0.25) is 0 Å². The fraction of sp³-hybridized carbons (Fsp3) is 0.333. The molecule has 0 amide bonds. The Morgan fingerprint density at radius 3 is 2.24 bits per heavy atom. The Kier molecular flexibility index (Phi) is 7.70. The molecule has 0 bridgehead atoms. The van der Waals surface area contributed by atoms with Crippen LogP contribution in [0.4, 0.5) is 13.2 Å². The first-order valence-electron chi connectivity index (χ1n) is 9.97. The van der Waals surface area contributed by atoms with E-state index in [4.69, 9.17) is 4.74 Å². The van der Waals surface area contributed by atoms with Gasteiger partial charge in [-0.15, -0.1) is 0 Å². The van der Waals surface area contributed by atoms with Gasteiger partial charge in [0.2, 0.25) is 5.88 Å². The Morgan fingerprint density at radius 2 is 1.68 bits per heavy atom. The lowest BCUT2D eigenvalue weighted by Gasteiger charge is -2.28. The molecule has 13 heteroatoms. The summed E-state index contributed by atoms with van der Waals surface area (Å²) in [6.07, 6.45) is -1.57. The Labute approximate surface area is 204 Å². The van der Waals surface area contributed by atoms with Crippen LogP contribution in [0.1, 0.15) is 24.5 Å². The highest BCUT2D eigenvalue weighted by Gasteiger charge is 2.52. The van der Waals surface area contributed by atoms with Crippen LogP contribution in [0.25, 0.3) is 0 Å². The van der Waals surface area contributed by atoms with Crippen molar-refractivity contribution in [2.45, 2.75) is 43.3 Å². The molecule has 0 N–H and O–H groups in total. The molecular weight excluding hydrogens is 563 g/mol. The molecule has 2 aromatic rings. The van der Waals surface area contributed by atoms with Crippen molar-refractivity contribution >= 4 is 36.1 Å². The first-order chi connectivity index (χ1) is 15.8. The van der Waals surface area contributed by atoms with E-state index in [0.717, 1.165) is 5.56 Å². The van der Waals surface area contributed by atoms with Crippen molar-refractivity contribution in [1.82, 2.24) is 4.31 Å². The van der Waals surface area contributed by atoms with E-state index in [1.54, 1.807) is 38.1 Å². The van der Waals surface area contributed by atoms with Crippen molar-refractivity contribution in [2.75, 3.05) is 6.61 Å². The van der Waals surface area contributed by atoms with Gasteiger partial charge in [-0.05, 0) is 37.6 Å². The molecule has 7 nitrogen and oxygen atoms in total. The highest BCUT2D eigenvalue weighted by Crippen LogP contribution is 2.40. The number of nitrogens with zero attached hydrogens (tertiary/aromatic N) is 1. The standard InChI is InChI=1S/C21H21BrF3NO6S2/c1-3-31-19-13-16(12-15-6-4-5-7-18(15)22)20(32-34(29,30)21(23,24)25)26(19)33(27,28)17-10-8-14(2)9-11-17/h4-11,19H,3,12-13H2,1-2H3. The van der Waals surface area contributed by atoms with Crippen LogP contribution in [0, 0.1) is 6.92 Å². The predicted molar refractivity (Wildman–Crippen MR) is 121 cm³/mol. The van der Waals surface area contributed by atoms with Gasteiger partial charge in [0, 0.05) is 29.5 Å². The first kappa shape index (κ1) is 26.5. The second-order valence-corrected chi connectivity index (χ2v) is 11.6. The summed E-state index contributed by atoms with van der Waals surface area (Å²) in [5.74, 6) is -0.938. The highest BCUT2D eigenvalue weighted by molar-refractivity contribution is 9.10. The second-order valence-electron chi connectivity index (χ2n) is 7.39. The minimum absolute atomic E-state index is 0.0200. The van der Waals surface area contributed by atoms with Gasteiger partial charge in [0.1, 0.15) is 0 Å². The Bertz CT molecular complexity index is 1290. The molecule has 1 aliphatic rings. The number of sulfonamides is 1. The van der Waals surface area contributed by atoms with E-state index >= 15 is 0 Å². The minimum Gasteiger partial charge on any atom is -0.357 e. The summed E-state index contributed by atoms with van der Waals surface area (Å²) in [7, 11) is -10.7. The molecule has 0 aromatic heterocycles. The van der Waals surface area contributed by atoms with E-state index in [1.807, 2.05) is 0 Å². The quantitative estimate of drug-likeness (QED) is 0.326. The van der Waals surface area contributed by atoms with E-state index in [2.05, 4.69) is 20.1 Å². The van der Waals surface area contributed by atoms with Gasteiger partial charge in [0.05, 0.1) is 4.90 Å². The smallest absolute Gasteiger partial charge is 0.357 e. The molecule has 0 saturated carbocycles. The topological polar surface area (TPSA) is 90.0 Å². The van der Waals surface area contributed by atoms with Crippen LogP contribution in [0.5, 0.6) is 0 Å². The zero-order chi connectivity index (χ0) is 25.3. The van der Waals surface area contributed by atoms with Gasteiger partial charge in [0.25, 0.3) is 10.0 Å². The van der Waals surface area contributed by atoms with Crippen molar-refractivity contribution in [3.63, 3.8) is 0 Å². The molecule has 186 valence electrons. The summed E-state index contributed by atoms with van der Waals surface area (Å²) in [5.41, 5.74) is -4.40. The summed E-state index contributed by atoms with van der Waals surface area (Å²) in [6.45, 7) is 3.33. The van der Waals surface area contributed by atoms with Crippen LogP contribution >= 0.6 is 15.9 Å². The van der Waals surface area contributed by atoms with Gasteiger partial charge in [0.15, 0.2) is 6.23 Å². The molecule has 34 heavy (non-hydrogen) atoms. The average Bonchev–Trinajstić information content (AvgIpc) is 3.06. The number of halogens is 4. The Hall–Kier alpha value is -2.09. The van der Waals surface area contributed by atoms with E-state index in [0.29, 0.717) is 14.3 Å². The SMILES string of the molecule is CCOC1CC(Cc2ccccc2Br)=C(OS(=O)(=O)C(F)(F)F)N1S(=O)(=O)c1ccc(C)cc1. The van der Waals surface area contributed by atoms with Gasteiger partial charge < -0.3 is 8.92 Å². The summed E-state index contributed by atoms with van der Waals surface area (Å²) >= 11 is 3.34. The summed E-state index contributed by atoms with van der Waals surface area (Å²) in [4.78, 5) is -0.254. The fourth-order valence-corrected chi connectivity index (χ4v) is 5.85. The highest BCUT2D eigenvalue weighted by atomic mass is 79.9. The lowest BCUT2D eigenvalue weighted by Crippen LogP contribution is -2.40. The number of rotatable bonds is 8. The zero-order valence-electron chi connectivity index (χ0n) is 18.0. The third-order valence-electron chi connectivity index (χ3n) is 4.96. The summed E-state index contributed by atoms with van der Waals surface area (Å²) in [5, 5.41) is 0. The molecule has 3 rings (SSSR count). The molecule has 1 unspecified atom stereocenters. The molecule has 0 aliphatic carbocycles. The number of ether oxygens (including phenoxy) is 1. The van der Waals surface area contributed by atoms with Crippen molar-refractivity contribution in [3.05, 3.63) is 75.6 Å². The van der Waals surface area contributed by atoms with E-state index < -0.39 is 37.8 Å². The molecule has 1 aliphatic heterocycles. The Morgan fingerprint density at radius 1 is 1.06 bits per heavy atom. The molecule has 2 aromatic carbocycles. The van der Waals surface area contributed by atoms with Crippen molar-refractivity contribution in [1.29, 1.82) is 0 Å². The van der Waals surface area contributed by atoms with Crippen molar-refractivity contribution in [3.8, 4) is 0 Å². The van der Waals surface area contributed by atoms with Crippen LogP contribution in [0.2, 0.25) is 0 Å². The zero-order valence-corrected chi connectivity index (χ0v) is 21.3. The number of aryl methyl sites for hydroxylation is 1. The maximum Gasteiger partial charge on any atom is 0.534 e. The first-order valence-corrected chi connectivity index (χ1v) is 13.6. The van der Waals surface area contributed by atoms with E-state index in [9.17, 15) is 30.0 Å². The number of alkyl halides is 3. The minimum atomic E-state index is -6.17. The third kappa shape index (κ3) is 5.42. The maximum absolute atomic E-state index is 13.5. The molecule has 0 spiro atoms. The fourth-order valence-electron chi connectivity index (χ4n) is 3.34. The van der Waals surface area contributed by atoms with Crippen LogP contribution in [0.3, 0.4) is 0 Å². The number of hydrogen-bond donors (Lipinski definition) is 0. The second kappa shape index (κ2) is 9.88. The Balaban J connectivity index is 2.20. The lowest BCUT2D eigenvalue weighted by atomic mass is 10.0. The van der Waals surface area contributed by atoms with Crippen molar-refractivity contribution < 1.29 is 38.9 Å². The van der Waals surface area contributed by atoms with Gasteiger partial charge in [-0.1, -0.05) is 51.8 Å². The molecule has 1 atom stereocenters. The molecule has 1 heterocycles. The van der Waals surface area contributed by atoms with Gasteiger partial charge in [-0.2, -0.15) is 21.6 Å². The van der Waals surface area contributed by atoms with Crippen LogP contribution < -0.4 is 0 Å². The molecular formula is C21H21BrF3NO6S2. The van der Waals surface area contributed by atoms with Crippen LogP contribution in [-0.2, 0) is 35.5 Å². The van der Waals surface area contributed by atoms with E-state index in [1.165, 1.54) is 24.3 Å². The molecule has 0 radical (unpaired) electrons. The number of hydrogen-bond acceptors (Lipinski definition) is 6. The molecule has 0 fully saturated rings. The largest absolute Gasteiger partial charge is 0.534 e. The third-order valence-corrected chi connectivity index (χ3v) is 8.46. The number of benzene rings is 2. The van der Waals surface area contributed by atoms with Gasteiger partial charge in [-0.25, -0.2) is 12.7 Å². The summed E-state index contributed by atoms with van der Waals surface area (Å²) in [6, 6.07) is 12.3.